The summed E-state index contributed by atoms with van der Waals surface area (Å²) in [6.07, 6.45) is 5.73. The zero-order chi connectivity index (χ0) is 16.4. The molecule has 2 aromatic rings. The van der Waals surface area contributed by atoms with Crippen molar-refractivity contribution >= 4 is 29.6 Å². The number of carbonyl (C=O) groups excluding carboxylic acids is 1. The van der Waals surface area contributed by atoms with Crippen molar-refractivity contribution in [3.63, 3.8) is 0 Å². The summed E-state index contributed by atoms with van der Waals surface area (Å²) < 4.78 is 5.46. The molecule has 0 aliphatic carbocycles. The van der Waals surface area contributed by atoms with Gasteiger partial charge in [-0.2, -0.15) is 0 Å². The SMILES string of the molecule is CSc1ccc(/C=C2\C=C(c3cc(C)ccc3C)OC2=O)cc1. The van der Waals surface area contributed by atoms with Crippen LogP contribution in [-0.4, -0.2) is 12.2 Å². The van der Waals surface area contributed by atoms with Gasteiger partial charge in [0.05, 0.1) is 5.57 Å². The maximum atomic E-state index is 12.1. The molecule has 0 bridgehead atoms. The van der Waals surface area contributed by atoms with Crippen LogP contribution in [-0.2, 0) is 9.53 Å². The van der Waals surface area contributed by atoms with Gasteiger partial charge in [-0.25, -0.2) is 4.79 Å². The topological polar surface area (TPSA) is 26.3 Å². The number of thioether (sulfide) groups is 1. The lowest BCUT2D eigenvalue weighted by atomic mass is 10.0. The van der Waals surface area contributed by atoms with Gasteiger partial charge >= 0.3 is 5.97 Å². The van der Waals surface area contributed by atoms with Gasteiger partial charge in [0.25, 0.3) is 0 Å². The molecule has 1 aliphatic heterocycles. The molecule has 0 amide bonds. The standard InChI is InChI=1S/C20H18O2S/c1-13-4-5-14(2)18(10-13)19-12-16(20(21)22-19)11-15-6-8-17(23-3)9-7-15/h4-12H,1-3H3/b16-11+. The quantitative estimate of drug-likeness (QED) is 0.451. The molecular formula is C20H18O2S. The summed E-state index contributed by atoms with van der Waals surface area (Å²) in [4.78, 5) is 13.3. The molecule has 0 atom stereocenters. The second kappa shape index (κ2) is 6.47. The third-order valence-electron chi connectivity index (χ3n) is 3.82. The van der Waals surface area contributed by atoms with E-state index < -0.39 is 0 Å². The van der Waals surface area contributed by atoms with E-state index in [0.29, 0.717) is 11.3 Å². The molecule has 0 radical (unpaired) electrons. The Morgan fingerprint density at radius 1 is 1.04 bits per heavy atom. The first-order chi connectivity index (χ1) is 11.1. The number of rotatable bonds is 3. The first-order valence-corrected chi connectivity index (χ1v) is 8.66. The van der Waals surface area contributed by atoms with Crippen LogP contribution in [0.1, 0.15) is 22.3 Å². The van der Waals surface area contributed by atoms with Crippen LogP contribution in [0.25, 0.3) is 11.8 Å². The van der Waals surface area contributed by atoms with Crippen molar-refractivity contribution in [3.8, 4) is 0 Å². The summed E-state index contributed by atoms with van der Waals surface area (Å²) >= 11 is 1.70. The van der Waals surface area contributed by atoms with E-state index in [-0.39, 0.29) is 5.97 Å². The average Bonchev–Trinajstić information content (AvgIpc) is 2.91. The maximum Gasteiger partial charge on any atom is 0.343 e. The van der Waals surface area contributed by atoms with E-state index in [9.17, 15) is 4.79 Å². The minimum atomic E-state index is -0.296. The Balaban J connectivity index is 1.94. The number of ether oxygens (including phenoxy) is 1. The molecule has 1 heterocycles. The Labute approximate surface area is 140 Å². The van der Waals surface area contributed by atoms with Gasteiger partial charge < -0.3 is 4.74 Å². The van der Waals surface area contributed by atoms with Crippen LogP contribution in [0.5, 0.6) is 0 Å². The summed E-state index contributed by atoms with van der Waals surface area (Å²) in [5.41, 5.74) is 4.79. The van der Waals surface area contributed by atoms with E-state index in [2.05, 4.69) is 6.07 Å². The first-order valence-electron chi connectivity index (χ1n) is 7.44. The number of carbonyl (C=O) groups is 1. The molecule has 0 saturated heterocycles. The van der Waals surface area contributed by atoms with E-state index in [1.165, 1.54) is 4.90 Å². The Bertz CT molecular complexity index is 814. The largest absolute Gasteiger partial charge is 0.422 e. The second-order valence-corrected chi connectivity index (χ2v) is 6.47. The van der Waals surface area contributed by atoms with E-state index in [4.69, 9.17) is 4.74 Å². The first kappa shape index (κ1) is 15.6. The van der Waals surface area contributed by atoms with Crippen LogP contribution in [0.15, 0.2) is 59.0 Å². The van der Waals surface area contributed by atoms with E-state index in [0.717, 1.165) is 22.3 Å². The summed E-state index contributed by atoms with van der Waals surface area (Å²) in [5, 5.41) is 0. The average molecular weight is 322 g/mol. The van der Waals surface area contributed by atoms with Gasteiger partial charge in [0, 0.05) is 10.5 Å². The maximum absolute atomic E-state index is 12.1. The van der Waals surface area contributed by atoms with Crippen molar-refractivity contribution in [1.29, 1.82) is 0 Å². The number of hydrogen-bond donors (Lipinski definition) is 0. The van der Waals surface area contributed by atoms with Crippen LogP contribution in [0.4, 0.5) is 0 Å². The molecule has 116 valence electrons. The Morgan fingerprint density at radius 2 is 1.78 bits per heavy atom. The lowest BCUT2D eigenvalue weighted by Crippen LogP contribution is -1.98. The molecule has 2 aromatic carbocycles. The lowest BCUT2D eigenvalue weighted by molar-refractivity contribution is -0.130. The highest BCUT2D eigenvalue weighted by Gasteiger charge is 2.23. The predicted octanol–water partition coefficient (Wildman–Crippen LogP) is 5.01. The fraction of sp³-hybridized carbons (Fsp3) is 0.150. The van der Waals surface area contributed by atoms with Crippen molar-refractivity contribution < 1.29 is 9.53 Å². The molecule has 0 aromatic heterocycles. The van der Waals surface area contributed by atoms with Crippen LogP contribution >= 0.6 is 11.8 Å². The molecule has 3 heteroatoms. The van der Waals surface area contributed by atoms with Crippen molar-refractivity contribution in [1.82, 2.24) is 0 Å². The summed E-state index contributed by atoms with van der Waals surface area (Å²) in [7, 11) is 0. The Hall–Kier alpha value is -2.26. The van der Waals surface area contributed by atoms with Crippen molar-refractivity contribution in [3.05, 3.63) is 76.4 Å². The van der Waals surface area contributed by atoms with E-state index >= 15 is 0 Å². The van der Waals surface area contributed by atoms with Crippen LogP contribution < -0.4 is 0 Å². The molecule has 1 aliphatic rings. The summed E-state index contributed by atoms with van der Waals surface area (Å²) in [6, 6.07) is 14.3. The Kier molecular flexibility index (Phi) is 4.39. The molecule has 3 rings (SSSR count). The molecular weight excluding hydrogens is 304 g/mol. The van der Waals surface area contributed by atoms with Crippen molar-refractivity contribution in [2.75, 3.05) is 6.26 Å². The number of esters is 1. The molecule has 0 spiro atoms. The van der Waals surface area contributed by atoms with Crippen molar-refractivity contribution in [2.24, 2.45) is 0 Å². The third kappa shape index (κ3) is 3.40. The molecule has 0 saturated carbocycles. The van der Waals surface area contributed by atoms with Crippen LogP contribution in [0, 0.1) is 13.8 Å². The van der Waals surface area contributed by atoms with Gasteiger partial charge in [0.1, 0.15) is 5.76 Å². The fourth-order valence-corrected chi connectivity index (χ4v) is 2.91. The zero-order valence-corrected chi connectivity index (χ0v) is 14.2. The highest BCUT2D eigenvalue weighted by molar-refractivity contribution is 7.98. The van der Waals surface area contributed by atoms with Gasteiger partial charge in [0.15, 0.2) is 0 Å². The molecule has 0 N–H and O–H groups in total. The highest BCUT2D eigenvalue weighted by atomic mass is 32.2. The van der Waals surface area contributed by atoms with Crippen molar-refractivity contribution in [2.45, 2.75) is 18.7 Å². The lowest BCUT2D eigenvalue weighted by Gasteiger charge is -2.06. The number of aryl methyl sites for hydroxylation is 2. The summed E-state index contributed by atoms with van der Waals surface area (Å²) in [5.74, 6) is 0.332. The fourth-order valence-electron chi connectivity index (χ4n) is 2.50. The van der Waals surface area contributed by atoms with Gasteiger partial charge in [-0.1, -0.05) is 29.8 Å². The van der Waals surface area contributed by atoms with E-state index in [1.807, 2.05) is 68.7 Å². The van der Waals surface area contributed by atoms with Crippen LogP contribution in [0.3, 0.4) is 0 Å². The number of hydrogen-bond acceptors (Lipinski definition) is 3. The normalized spacial score (nSPS) is 15.7. The van der Waals surface area contributed by atoms with E-state index in [1.54, 1.807) is 11.8 Å². The minimum absolute atomic E-state index is 0.296. The van der Waals surface area contributed by atoms with Gasteiger partial charge in [-0.3, -0.25) is 0 Å². The predicted molar refractivity (Wildman–Crippen MR) is 96.2 cm³/mol. The number of cyclic esters (lactones) is 1. The molecule has 0 fully saturated rings. The smallest absolute Gasteiger partial charge is 0.343 e. The van der Waals surface area contributed by atoms with Gasteiger partial charge in [-0.15, -0.1) is 11.8 Å². The second-order valence-electron chi connectivity index (χ2n) is 5.59. The van der Waals surface area contributed by atoms with Gasteiger partial charge in [-0.05, 0) is 61.6 Å². The molecule has 0 unspecified atom stereocenters. The monoisotopic (exact) mass is 322 g/mol. The number of benzene rings is 2. The van der Waals surface area contributed by atoms with Crippen LogP contribution in [0.2, 0.25) is 0 Å². The molecule has 2 nitrogen and oxygen atoms in total. The third-order valence-corrected chi connectivity index (χ3v) is 4.57. The highest BCUT2D eigenvalue weighted by Crippen LogP contribution is 2.30. The Morgan fingerprint density at radius 3 is 2.48 bits per heavy atom. The summed E-state index contributed by atoms with van der Waals surface area (Å²) in [6.45, 7) is 4.05. The van der Waals surface area contributed by atoms with Gasteiger partial charge in [0.2, 0.25) is 0 Å². The zero-order valence-electron chi connectivity index (χ0n) is 13.4. The minimum Gasteiger partial charge on any atom is -0.422 e. The molecule has 23 heavy (non-hydrogen) atoms.